The minimum absolute atomic E-state index is 0.226. The number of carbonyl (C=O) groups is 1. The molecule has 98 valence electrons. The first kappa shape index (κ1) is 13.6. The van der Waals surface area contributed by atoms with E-state index in [4.69, 9.17) is 0 Å². The number of amides is 1. The Morgan fingerprint density at radius 3 is 2.83 bits per heavy atom. The van der Waals surface area contributed by atoms with Gasteiger partial charge in [-0.2, -0.15) is 0 Å². The van der Waals surface area contributed by atoms with E-state index < -0.39 is 0 Å². The van der Waals surface area contributed by atoms with Gasteiger partial charge in [0.25, 0.3) is 0 Å². The summed E-state index contributed by atoms with van der Waals surface area (Å²) < 4.78 is 0. The van der Waals surface area contributed by atoms with Crippen molar-refractivity contribution in [3.8, 4) is 0 Å². The minimum atomic E-state index is 0.226. The molecule has 1 aromatic carbocycles. The minimum Gasteiger partial charge on any atom is -0.352 e. The molecule has 1 aromatic rings. The summed E-state index contributed by atoms with van der Waals surface area (Å²) in [5.41, 5.74) is 2.42. The van der Waals surface area contributed by atoms with Gasteiger partial charge in [0.05, 0.1) is 0 Å². The molecule has 0 aromatic heterocycles. The second-order valence-electron chi connectivity index (χ2n) is 5.19. The molecule has 3 heteroatoms. The summed E-state index contributed by atoms with van der Waals surface area (Å²) in [4.78, 5) is 12.1. The van der Waals surface area contributed by atoms with Gasteiger partial charge in [0.15, 0.2) is 0 Å². The molecule has 0 spiro atoms. The van der Waals surface area contributed by atoms with Gasteiger partial charge in [0.2, 0.25) is 5.91 Å². The number of carbonyl (C=O) groups excluding carboxylic acids is 1. The molecular formula is C15H20BrNO. The van der Waals surface area contributed by atoms with Crippen LogP contribution in [0, 0.1) is 11.8 Å². The second kappa shape index (κ2) is 6.37. The molecule has 2 rings (SSSR count). The highest BCUT2D eigenvalue weighted by Gasteiger charge is 2.29. The zero-order valence-corrected chi connectivity index (χ0v) is 12.4. The highest BCUT2D eigenvalue weighted by Crippen LogP contribution is 2.31. The number of nitrogens with one attached hydrogen (secondary N) is 1. The van der Waals surface area contributed by atoms with Crippen LogP contribution in [0.15, 0.2) is 24.3 Å². The number of hydrogen-bond donors (Lipinski definition) is 1. The lowest BCUT2D eigenvalue weighted by atomic mass is 9.97. The Hall–Kier alpha value is -0.830. The van der Waals surface area contributed by atoms with Crippen LogP contribution in [0.5, 0.6) is 0 Å². The molecule has 2 unspecified atom stereocenters. The lowest BCUT2D eigenvalue weighted by molar-refractivity contribution is -0.126. The Labute approximate surface area is 117 Å². The van der Waals surface area contributed by atoms with Crippen molar-refractivity contribution in [1.82, 2.24) is 5.32 Å². The molecule has 0 heterocycles. The Kier molecular flexibility index (Phi) is 4.81. The van der Waals surface area contributed by atoms with Crippen LogP contribution in [0.4, 0.5) is 0 Å². The third-order valence-corrected chi connectivity index (χ3v) is 4.46. The summed E-state index contributed by atoms with van der Waals surface area (Å²) in [6.45, 7) is 2.82. The van der Waals surface area contributed by atoms with E-state index >= 15 is 0 Å². The highest BCUT2D eigenvalue weighted by atomic mass is 79.9. The van der Waals surface area contributed by atoms with Gasteiger partial charge in [-0.25, -0.2) is 0 Å². The Morgan fingerprint density at radius 2 is 2.17 bits per heavy atom. The molecule has 1 N–H and O–H groups in total. The molecule has 2 atom stereocenters. The van der Waals surface area contributed by atoms with Crippen LogP contribution in [0.1, 0.15) is 37.3 Å². The van der Waals surface area contributed by atoms with Gasteiger partial charge in [-0.1, -0.05) is 53.5 Å². The molecule has 0 radical (unpaired) electrons. The number of halogens is 1. The average Bonchev–Trinajstić information content (AvgIpc) is 2.82. The van der Waals surface area contributed by atoms with Crippen LogP contribution < -0.4 is 5.32 Å². The summed E-state index contributed by atoms with van der Waals surface area (Å²) in [7, 11) is 0. The van der Waals surface area contributed by atoms with Crippen LogP contribution in [-0.4, -0.2) is 5.91 Å². The van der Waals surface area contributed by atoms with E-state index in [2.05, 4.69) is 46.4 Å². The molecule has 0 saturated heterocycles. The van der Waals surface area contributed by atoms with Crippen molar-refractivity contribution in [1.29, 1.82) is 0 Å². The van der Waals surface area contributed by atoms with Crippen LogP contribution in [0.2, 0.25) is 0 Å². The molecule has 1 fully saturated rings. The van der Waals surface area contributed by atoms with Crippen molar-refractivity contribution in [2.75, 3.05) is 0 Å². The van der Waals surface area contributed by atoms with E-state index in [0.717, 1.165) is 11.8 Å². The first-order valence-corrected chi connectivity index (χ1v) is 7.74. The third-order valence-electron chi connectivity index (χ3n) is 3.81. The van der Waals surface area contributed by atoms with Gasteiger partial charge in [-0.15, -0.1) is 0 Å². The summed E-state index contributed by atoms with van der Waals surface area (Å²) >= 11 is 3.45. The van der Waals surface area contributed by atoms with Crippen LogP contribution >= 0.6 is 15.9 Å². The maximum absolute atomic E-state index is 12.1. The van der Waals surface area contributed by atoms with Gasteiger partial charge in [0, 0.05) is 17.8 Å². The maximum Gasteiger partial charge on any atom is 0.223 e. The summed E-state index contributed by atoms with van der Waals surface area (Å²) in [6, 6.07) is 8.31. The number of alkyl halides is 1. The molecule has 1 saturated carbocycles. The first-order valence-electron chi connectivity index (χ1n) is 6.62. The van der Waals surface area contributed by atoms with Crippen molar-refractivity contribution < 1.29 is 4.79 Å². The molecule has 1 aliphatic rings. The largest absolute Gasteiger partial charge is 0.352 e. The standard InChI is InChI=1S/C15H20BrNO/c1-11-4-2-7-14(11)15(18)17-10-13-6-3-5-12(8-13)9-16/h3,5-6,8,11,14H,2,4,7,9-10H2,1H3,(H,17,18). The van der Waals surface area contributed by atoms with Gasteiger partial charge < -0.3 is 5.32 Å². The topological polar surface area (TPSA) is 29.1 Å². The first-order chi connectivity index (χ1) is 8.70. The van der Waals surface area contributed by atoms with Crippen molar-refractivity contribution in [2.45, 2.75) is 38.1 Å². The summed E-state index contributed by atoms with van der Waals surface area (Å²) in [5.74, 6) is 0.993. The fourth-order valence-electron chi connectivity index (χ4n) is 2.68. The van der Waals surface area contributed by atoms with Gasteiger partial charge >= 0.3 is 0 Å². The predicted molar refractivity (Wildman–Crippen MR) is 77.4 cm³/mol. The van der Waals surface area contributed by atoms with Gasteiger partial charge in [-0.3, -0.25) is 4.79 Å². The van der Waals surface area contributed by atoms with E-state index in [9.17, 15) is 4.79 Å². The Balaban J connectivity index is 1.88. The normalized spacial score (nSPS) is 23.0. The Bertz CT molecular complexity index is 419. The van der Waals surface area contributed by atoms with Gasteiger partial charge in [0.1, 0.15) is 0 Å². The van der Waals surface area contributed by atoms with E-state index in [1.165, 1.54) is 24.0 Å². The summed E-state index contributed by atoms with van der Waals surface area (Å²) in [6.07, 6.45) is 3.43. The van der Waals surface area contributed by atoms with Crippen LogP contribution in [0.25, 0.3) is 0 Å². The van der Waals surface area contributed by atoms with E-state index in [1.807, 2.05) is 6.07 Å². The summed E-state index contributed by atoms with van der Waals surface area (Å²) in [5, 5.41) is 3.92. The predicted octanol–water partition coefficient (Wildman–Crippen LogP) is 3.63. The molecule has 18 heavy (non-hydrogen) atoms. The van der Waals surface area contributed by atoms with Crippen molar-refractivity contribution in [3.63, 3.8) is 0 Å². The number of hydrogen-bond acceptors (Lipinski definition) is 1. The van der Waals surface area contributed by atoms with Crippen molar-refractivity contribution in [2.24, 2.45) is 11.8 Å². The molecule has 0 aliphatic heterocycles. The fourth-order valence-corrected chi connectivity index (χ4v) is 3.03. The van der Waals surface area contributed by atoms with Crippen molar-refractivity contribution in [3.05, 3.63) is 35.4 Å². The fraction of sp³-hybridized carbons (Fsp3) is 0.533. The zero-order valence-electron chi connectivity index (χ0n) is 10.8. The quantitative estimate of drug-likeness (QED) is 0.845. The maximum atomic E-state index is 12.1. The van der Waals surface area contributed by atoms with E-state index in [1.54, 1.807) is 0 Å². The lowest BCUT2D eigenvalue weighted by Gasteiger charge is -2.15. The SMILES string of the molecule is CC1CCCC1C(=O)NCc1cccc(CBr)c1. The zero-order chi connectivity index (χ0) is 13.0. The smallest absolute Gasteiger partial charge is 0.223 e. The highest BCUT2D eigenvalue weighted by molar-refractivity contribution is 9.08. The van der Waals surface area contributed by atoms with Crippen molar-refractivity contribution >= 4 is 21.8 Å². The average molecular weight is 310 g/mol. The number of benzene rings is 1. The van der Waals surface area contributed by atoms with E-state index in [0.29, 0.717) is 12.5 Å². The molecule has 2 nitrogen and oxygen atoms in total. The second-order valence-corrected chi connectivity index (χ2v) is 5.75. The Morgan fingerprint density at radius 1 is 1.39 bits per heavy atom. The molecular weight excluding hydrogens is 290 g/mol. The lowest BCUT2D eigenvalue weighted by Crippen LogP contribution is -2.31. The van der Waals surface area contributed by atoms with Gasteiger partial charge in [-0.05, 0) is 29.9 Å². The van der Waals surface area contributed by atoms with Crippen LogP contribution in [0.3, 0.4) is 0 Å². The van der Waals surface area contributed by atoms with Crippen LogP contribution in [-0.2, 0) is 16.7 Å². The molecule has 1 aliphatic carbocycles. The van der Waals surface area contributed by atoms with E-state index in [-0.39, 0.29) is 11.8 Å². The number of rotatable bonds is 4. The molecule has 0 bridgehead atoms. The monoisotopic (exact) mass is 309 g/mol. The third kappa shape index (κ3) is 3.35. The molecule has 1 amide bonds.